The minimum atomic E-state index is -0.995. The largest absolute Gasteiger partial charge is 0.465 e. The van der Waals surface area contributed by atoms with Crippen molar-refractivity contribution in [3.63, 3.8) is 0 Å². The molecule has 2 aromatic rings. The van der Waals surface area contributed by atoms with Gasteiger partial charge in [-0.15, -0.1) is 0 Å². The van der Waals surface area contributed by atoms with Crippen LogP contribution < -0.4 is 10.6 Å². The van der Waals surface area contributed by atoms with Crippen LogP contribution in [0.5, 0.6) is 0 Å². The number of benzene rings is 2. The van der Waals surface area contributed by atoms with Gasteiger partial charge in [0, 0.05) is 19.1 Å². The normalized spacial score (nSPS) is 10.8. The van der Waals surface area contributed by atoms with Crippen LogP contribution in [0.15, 0.2) is 48.5 Å². The zero-order valence-electron chi connectivity index (χ0n) is 14.4. The summed E-state index contributed by atoms with van der Waals surface area (Å²) in [5.74, 6) is 0. The highest BCUT2D eigenvalue weighted by atomic mass is 35.5. The predicted molar refractivity (Wildman–Crippen MR) is 98.3 cm³/mol. The third-order valence-electron chi connectivity index (χ3n) is 3.29. The first-order chi connectivity index (χ1) is 12.4. The zero-order valence-corrected chi connectivity index (χ0v) is 15.2. The molecule has 0 radical (unpaired) electrons. The highest BCUT2D eigenvalue weighted by Crippen LogP contribution is 2.28. The van der Waals surface area contributed by atoms with Crippen LogP contribution in [0, 0.1) is 0 Å². The van der Waals surface area contributed by atoms with Crippen LogP contribution in [0.2, 0.25) is 5.02 Å². The van der Waals surface area contributed by atoms with Crippen molar-refractivity contribution < 1.29 is 24.5 Å². The summed E-state index contributed by atoms with van der Waals surface area (Å²) in [6, 6.07) is 14.4. The van der Waals surface area contributed by atoms with E-state index in [0.717, 1.165) is 5.56 Å². The van der Waals surface area contributed by atoms with E-state index in [0.29, 0.717) is 16.1 Å². The lowest BCUT2D eigenvalue weighted by atomic mass is 9.97. The molecular formula is C18H21ClN2O5. The van der Waals surface area contributed by atoms with Crippen LogP contribution in [0.25, 0.3) is 0 Å². The number of hydrogen-bond acceptors (Lipinski definition) is 4. The fourth-order valence-corrected chi connectivity index (χ4v) is 2.16. The van der Waals surface area contributed by atoms with Gasteiger partial charge in [-0.3, -0.25) is 0 Å². The van der Waals surface area contributed by atoms with Gasteiger partial charge in [-0.25, -0.2) is 9.59 Å². The molecule has 1 atom stereocenters. The van der Waals surface area contributed by atoms with Crippen molar-refractivity contribution in [1.82, 2.24) is 10.6 Å². The Kier molecular flexibility index (Phi) is 8.97. The quantitative estimate of drug-likeness (QED) is 0.651. The Morgan fingerprint density at radius 3 is 2.27 bits per heavy atom. The van der Waals surface area contributed by atoms with Gasteiger partial charge in [-0.1, -0.05) is 48.0 Å². The molecular weight excluding hydrogens is 360 g/mol. The van der Waals surface area contributed by atoms with Crippen LogP contribution in [0.4, 0.5) is 9.59 Å². The maximum absolute atomic E-state index is 11.2. The van der Waals surface area contributed by atoms with Gasteiger partial charge in [0.1, 0.15) is 12.7 Å². The second-order valence-electron chi connectivity index (χ2n) is 5.04. The molecule has 8 heteroatoms. The summed E-state index contributed by atoms with van der Waals surface area (Å²) >= 11 is 6.01. The van der Waals surface area contributed by atoms with Gasteiger partial charge in [0.05, 0.1) is 0 Å². The van der Waals surface area contributed by atoms with Crippen LogP contribution in [0.1, 0.15) is 22.8 Å². The minimum Gasteiger partial charge on any atom is -0.465 e. The van der Waals surface area contributed by atoms with E-state index in [-0.39, 0.29) is 6.61 Å². The maximum Gasteiger partial charge on any atom is 0.407 e. The fourth-order valence-electron chi connectivity index (χ4n) is 1.98. The second kappa shape index (κ2) is 11.0. The monoisotopic (exact) mass is 380 g/mol. The smallest absolute Gasteiger partial charge is 0.407 e. The lowest BCUT2D eigenvalue weighted by molar-refractivity contribution is 0.140. The number of amides is 2. The molecule has 7 nitrogen and oxygen atoms in total. The number of hydrogen-bond donors (Lipinski definition) is 4. The van der Waals surface area contributed by atoms with E-state index < -0.39 is 18.3 Å². The van der Waals surface area contributed by atoms with E-state index in [1.165, 1.54) is 14.1 Å². The topological polar surface area (TPSA) is 108 Å². The molecule has 0 aliphatic heterocycles. The van der Waals surface area contributed by atoms with Gasteiger partial charge >= 0.3 is 12.2 Å². The maximum atomic E-state index is 11.2. The summed E-state index contributed by atoms with van der Waals surface area (Å²) in [7, 11) is 2.84. The van der Waals surface area contributed by atoms with E-state index in [1.54, 1.807) is 18.2 Å². The van der Waals surface area contributed by atoms with Gasteiger partial charge in [0.15, 0.2) is 0 Å². The van der Waals surface area contributed by atoms with Crippen molar-refractivity contribution in [2.45, 2.75) is 12.7 Å². The Morgan fingerprint density at radius 2 is 1.73 bits per heavy atom. The van der Waals surface area contributed by atoms with E-state index >= 15 is 0 Å². The average Bonchev–Trinajstić information content (AvgIpc) is 2.67. The van der Waals surface area contributed by atoms with Gasteiger partial charge in [0.2, 0.25) is 0 Å². The average molecular weight is 381 g/mol. The van der Waals surface area contributed by atoms with Crippen molar-refractivity contribution in [2.24, 2.45) is 0 Å². The van der Waals surface area contributed by atoms with Crippen molar-refractivity contribution in [3.8, 4) is 0 Å². The van der Waals surface area contributed by atoms with E-state index in [9.17, 15) is 14.7 Å². The van der Waals surface area contributed by atoms with Crippen molar-refractivity contribution in [3.05, 3.63) is 70.2 Å². The molecule has 2 rings (SSSR count). The van der Waals surface area contributed by atoms with Crippen LogP contribution in [-0.4, -0.2) is 36.5 Å². The van der Waals surface area contributed by atoms with Crippen LogP contribution in [-0.2, 0) is 11.3 Å². The Labute approximate surface area is 156 Å². The number of aliphatic hydroxyl groups excluding tert-OH is 1. The number of rotatable bonds is 4. The number of carbonyl (C=O) groups is 2. The number of carboxylic acid groups (broad SMARTS) is 1. The summed E-state index contributed by atoms with van der Waals surface area (Å²) in [6.07, 6.45) is -2.34. The minimum absolute atomic E-state index is 0.0655. The number of carbonyl (C=O) groups excluding carboxylic acids is 1. The van der Waals surface area contributed by atoms with Gasteiger partial charge in [-0.05, 0) is 28.8 Å². The molecule has 0 heterocycles. The number of aliphatic hydroxyl groups is 1. The van der Waals surface area contributed by atoms with Crippen LogP contribution >= 0.6 is 11.6 Å². The molecule has 0 aromatic heterocycles. The summed E-state index contributed by atoms with van der Waals surface area (Å²) < 4.78 is 5.04. The van der Waals surface area contributed by atoms with Crippen molar-refractivity contribution in [1.29, 1.82) is 0 Å². The summed E-state index contributed by atoms with van der Waals surface area (Å²) in [5, 5.41) is 23.0. The summed E-state index contributed by atoms with van der Waals surface area (Å²) in [6.45, 7) is 0.0655. The van der Waals surface area contributed by atoms with E-state index in [1.807, 2.05) is 35.6 Å². The fraction of sp³-hybridized carbons (Fsp3) is 0.222. The molecule has 1 unspecified atom stereocenters. The summed E-state index contributed by atoms with van der Waals surface area (Å²) in [5.41, 5.74) is 2.08. The van der Waals surface area contributed by atoms with Crippen molar-refractivity contribution >= 4 is 23.8 Å². The molecule has 0 saturated carbocycles. The first kappa shape index (κ1) is 21.3. The lowest BCUT2D eigenvalue weighted by Gasteiger charge is -2.16. The molecule has 2 amide bonds. The summed E-state index contributed by atoms with van der Waals surface area (Å²) in [4.78, 5) is 20.4. The molecule has 26 heavy (non-hydrogen) atoms. The van der Waals surface area contributed by atoms with Crippen molar-refractivity contribution in [2.75, 3.05) is 14.1 Å². The van der Waals surface area contributed by atoms with E-state index in [4.69, 9.17) is 21.4 Å². The SMILES string of the molecule is CNC(=O)O.CNC(=O)OCc1ccc(Cl)cc1C(O)c1ccccc1. The van der Waals surface area contributed by atoms with Crippen LogP contribution in [0.3, 0.4) is 0 Å². The number of nitrogens with one attached hydrogen (secondary N) is 2. The molecule has 0 spiro atoms. The molecule has 2 aromatic carbocycles. The van der Waals surface area contributed by atoms with Gasteiger partial charge in [0.25, 0.3) is 0 Å². The Hall–Kier alpha value is -2.77. The molecule has 140 valence electrons. The number of halogens is 1. The number of ether oxygens (including phenoxy) is 1. The van der Waals surface area contributed by atoms with Gasteiger partial charge < -0.3 is 25.6 Å². The van der Waals surface area contributed by atoms with E-state index in [2.05, 4.69) is 5.32 Å². The predicted octanol–water partition coefficient (Wildman–Crippen LogP) is 3.16. The molecule has 0 aliphatic carbocycles. The molecule has 0 bridgehead atoms. The Balaban J connectivity index is 0.000000597. The second-order valence-corrected chi connectivity index (χ2v) is 5.47. The molecule has 0 saturated heterocycles. The standard InChI is InChI=1S/C16H16ClNO3.C2H5NO2/c1-18-16(20)21-10-12-7-8-13(17)9-14(12)15(19)11-5-3-2-4-6-11;1-3-2(4)5/h2-9,15,19H,10H2,1H3,(H,18,20);3H,1H3,(H,4,5). The molecule has 4 N–H and O–H groups in total. The van der Waals surface area contributed by atoms with Gasteiger partial charge in [-0.2, -0.15) is 0 Å². The zero-order chi connectivity index (χ0) is 19.5. The highest BCUT2D eigenvalue weighted by molar-refractivity contribution is 6.30. The Bertz CT molecular complexity index is 725. The molecule has 0 aliphatic rings. The third-order valence-corrected chi connectivity index (χ3v) is 3.53. The third kappa shape index (κ3) is 7.00. The lowest BCUT2D eigenvalue weighted by Crippen LogP contribution is -2.19. The highest BCUT2D eigenvalue weighted by Gasteiger charge is 2.16. The first-order valence-electron chi connectivity index (χ1n) is 7.65. The Morgan fingerprint density at radius 1 is 1.12 bits per heavy atom. The molecule has 0 fully saturated rings. The number of alkyl carbamates (subject to hydrolysis) is 1. The first-order valence-corrected chi connectivity index (χ1v) is 8.03.